The fraction of sp³-hybridized carbons (Fsp3) is 0.143. The van der Waals surface area contributed by atoms with Gasteiger partial charge in [-0.2, -0.15) is 0 Å². The van der Waals surface area contributed by atoms with Gasteiger partial charge in [-0.25, -0.2) is 0 Å². The van der Waals surface area contributed by atoms with Crippen molar-refractivity contribution in [3.63, 3.8) is 0 Å². The minimum absolute atomic E-state index is 0.262. The molecule has 0 aromatic heterocycles. The smallest absolute Gasteiger partial charge is 0.231 e. The summed E-state index contributed by atoms with van der Waals surface area (Å²) in [5.74, 6) is 2.92. The molecule has 4 nitrogen and oxygen atoms in total. The van der Waals surface area contributed by atoms with Crippen LogP contribution in [0.1, 0.15) is 5.56 Å². The predicted molar refractivity (Wildman–Crippen MR) is 67.0 cm³/mol. The normalized spacial score (nSPS) is 12.5. The molecule has 4 heteroatoms. The zero-order valence-corrected chi connectivity index (χ0v) is 9.76. The molecule has 2 aromatic carbocycles. The van der Waals surface area contributed by atoms with E-state index in [0.29, 0.717) is 18.0 Å². The maximum atomic E-state index is 5.81. The van der Waals surface area contributed by atoms with E-state index in [1.54, 1.807) is 0 Å². The van der Waals surface area contributed by atoms with Crippen molar-refractivity contribution in [3.05, 3.63) is 48.0 Å². The maximum absolute atomic E-state index is 5.81. The number of nitrogens with two attached hydrogens (primary N) is 1. The van der Waals surface area contributed by atoms with E-state index in [-0.39, 0.29) is 6.79 Å². The summed E-state index contributed by atoms with van der Waals surface area (Å²) in [6.45, 7) is 0.707. The topological polar surface area (TPSA) is 53.7 Å². The third kappa shape index (κ3) is 1.98. The van der Waals surface area contributed by atoms with Gasteiger partial charge in [0.1, 0.15) is 11.5 Å². The summed E-state index contributed by atoms with van der Waals surface area (Å²) in [4.78, 5) is 0. The molecule has 0 amide bonds. The first kappa shape index (κ1) is 10.9. The van der Waals surface area contributed by atoms with E-state index < -0.39 is 0 Å². The number of fused-ring (bicyclic) bond motifs is 1. The van der Waals surface area contributed by atoms with Crippen LogP contribution in [0, 0.1) is 0 Å². The van der Waals surface area contributed by atoms with Crippen molar-refractivity contribution in [1.82, 2.24) is 0 Å². The number of hydrogen-bond acceptors (Lipinski definition) is 4. The van der Waals surface area contributed by atoms with Crippen LogP contribution in [0.4, 0.5) is 0 Å². The van der Waals surface area contributed by atoms with Crippen molar-refractivity contribution >= 4 is 0 Å². The van der Waals surface area contributed by atoms with Crippen LogP contribution in [-0.4, -0.2) is 6.79 Å². The van der Waals surface area contributed by atoms with Gasteiger partial charge in [-0.05, 0) is 18.2 Å². The molecule has 1 aliphatic rings. The van der Waals surface area contributed by atoms with E-state index in [0.717, 1.165) is 17.1 Å². The molecule has 3 rings (SSSR count). The number of benzene rings is 2. The van der Waals surface area contributed by atoms with Gasteiger partial charge in [-0.15, -0.1) is 0 Å². The van der Waals surface area contributed by atoms with Crippen LogP contribution in [0.3, 0.4) is 0 Å². The molecule has 92 valence electrons. The Morgan fingerprint density at radius 3 is 2.78 bits per heavy atom. The van der Waals surface area contributed by atoms with Crippen molar-refractivity contribution in [2.24, 2.45) is 5.73 Å². The lowest BCUT2D eigenvalue weighted by molar-refractivity contribution is 0.174. The Labute approximate surface area is 105 Å². The van der Waals surface area contributed by atoms with Gasteiger partial charge in [0, 0.05) is 18.2 Å². The largest absolute Gasteiger partial charge is 0.457 e. The highest BCUT2D eigenvalue weighted by Crippen LogP contribution is 2.37. The summed E-state index contributed by atoms with van der Waals surface area (Å²) < 4.78 is 16.4. The zero-order valence-electron chi connectivity index (χ0n) is 9.76. The predicted octanol–water partition coefficient (Wildman–Crippen LogP) is 2.67. The molecule has 0 aliphatic carbocycles. The number of hydrogen-bond donors (Lipinski definition) is 1. The van der Waals surface area contributed by atoms with Gasteiger partial charge in [-0.3, -0.25) is 0 Å². The van der Waals surface area contributed by atoms with E-state index in [1.165, 1.54) is 0 Å². The summed E-state index contributed by atoms with van der Waals surface area (Å²) in [5.41, 5.74) is 6.64. The van der Waals surface area contributed by atoms with Crippen LogP contribution >= 0.6 is 0 Å². The lowest BCUT2D eigenvalue weighted by Gasteiger charge is -2.10. The molecule has 1 aliphatic heterocycles. The standard InChI is InChI=1S/C14H13NO3/c15-8-10-3-1-2-4-12(10)18-11-5-6-13-14(7-11)17-9-16-13/h1-7H,8-9,15H2. The molecule has 2 N–H and O–H groups in total. The van der Waals surface area contributed by atoms with Crippen molar-refractivity contribution in [2.45, 2.75) is 6.54 Å². The Morgan fingerprint density at radius 1 is 1.06 bits per heavy atom. The van der Waals surface area contributed by atoms with Crippen molar-refractivity contribution < 1.29 is 14.2 Å². The average Bonchev–Trinajstić information content (AvgIpc) is 2.87. The van der Waals surface area contributed by atoms with Gasteiger partial charge in [-0.1, -0.05) is 18.2 Å². The van der Waals surface area contributed by atoms with Crippen molar-refractivity contribution in [1.29, 1.82) is 0 Å². The molecule has 0 radical (unpaired) electrons. The van der Waals surface area contributed by atoms with Gasteiger partial charge < -0.3 is 19.9 Å². The summed E-state index contributed by atoms with van der Waals surface area (Å²) in [6, 6.07) is 13.2. The molecular weight excluding hydrogens is 230 g/mol. The lowest BCUT2D eigenvalue weighted by atomic mass is 10.2. The second-order valence-corrected chi connectivity index (χ2v) is 3.93. The Kier molecular flexibility index (Phi) is 2.78. The highest BCUT2D eigenvalue weighted by molar-refractivity contribution is 5.48. The lowest BCUT2D eigenvalue weighted by Crippen LogP contribution is -1.98. The van der Waals surface area contributed by atoms with E-state index >= 15 is 0 Å². The summed E-state index contributed by atoms with van der Waals surface area (Å²) in [6.07, 6.45) is 0. The molecule has 0 saturated heterocycles. The van der Waals surface area contributed by atoms with Crippen LogP contribution in [0.15, 0.2) is 42.5 Å². The quantitative estimate of drug-likeness (QED) is 0.900. The summed E-state index contributed by atoms with van der Waals surface area (Å²) in [7, 11) is 0. The SMILES string of the molecule is NCc1ccccc1Oc1ccc2c(c1)OCO2. The molecule has 2 aromatic rings. The molecule has 0 spiro atoms. The Bertz CT molecular complexity index is 569. The van der Waals surface area contributed by atoms with Gasteiger partial charge in [0.25, 0.3) is 0 Å². The number of ether oxygens (including phenoxy) is 3. The third-order valence-electron chi connectivity index (χ3n) is 2.76. The van der Waals surface area contributed by atoms with Crippen LogP contribution in [0.5, 0.6) is 23.0 Å². The first-order valence-corrected chi connectivity index (χ1v) is 5.72. The van der Waals surface area contributed by atoms with Gasteiger partial charge in [0.2, 0.25) is 6.79 Å². The van der Waals surface area contributed by atoms with E-state index in [2.05, 4.69) is 0 Å². The summed E-state index contributed by atoms with van der Waals surface area (Å²) in [5, 5.41) is 0. The number of rotatable bonds is 3. The molecular formula is C14H13NO3. The fourth-order valence-electron chi connectivity index (χ4n) is 1.84. The van der Waals surface area contributed by atoms with Gasteiger partial charge in [0.15, 0.2) is 11.5 Å². The van der Waals surface area contributed by atoms with Gasteiger partial charge in [0.05, 0.1) is 0 Å². The summed E-state index contributed by atoms with van der Waals surface area (Å²) >= 11 is 0. The van der Waals surface area contributed by atoms with Crippen LogP contribution in [-0.2, 0) is 6.54 Å². The molecule has 18 heavy (non-hydrogen) atoms. The average molecular weight is 243 g/mol. The molecule has 0 saturated carbocycles. The first-order valence-electron chi connectivity index (χ1n) is 5.72. The Hall–Kier alpha value is -2.20. The van der Waals surface area contributed by atoms with Crippen LogP contribution < -0.4 is 19.9 Å². The minimum atomic E-state index is 0.262. The molecule has 0 unspecified atom stereocenters. The molecule has 0 fully saturated rings. The first-order chi connectivity index (χ1) is 8.86. The second kappa shape index (κ2) is 4.58. The Morgan fingerprint density at radius 2 is 1.89 bits per heavy atom. The van der Waals surface area contributed by atoms with E-state index in [4.69, 9.17) is 19.9 Å². The van der Waals surface area contributed by atoms with Crippen molar-refractivity contribution in [3.8, 4) is 23.0 Å². The van der Waals surface area contributed by atoms with Crippen molar-refractivity contribution in [2.75, 3.05) is 6.79 Å². The van der Waals surface area contributed by atoms with Crippen LogP contribution in [0.2, 0.25) is 0 Å². The van der Waals surface area contributed by atoms with E-state index in [9.17, 15) is 0 Å². The Balaban J connectivity index is 1.88. The number of para-hydroxylation sites is 1. The second-order valence-electron chi connectivity index (χ2n) is 3.93. The molecule has 0 bridgehead atoms. The maximum Gasteiger partial charge on any atom is 0.231 e. The van der Waals surface area contributed by atoms with Crippen LogP contribution in [0.25, 0.3) is 0 Å². The van der Waals surface area contributed by atoms with Gasteiger partial charge >= 0.3 is 0 Å². The molecule has 1 heterocycles. The minimum Gasteiger partial charge on any atom is -0.457 e. The zero-order chi connectivity index (χ0) is 12.4. The molecule has 0 atom stereocenters. The highest BCUT2D eigenvalue weighted by atomic mass is 16.7. The monoisotopic (exact) mass is 243 g/mol. The fourth-order valence-corrected chi connectivity index (χ4v) is 1.84. The van der Waals surface area contributed by atoms with E-state index in [1.807, 2.05) is 42.5 Å². The highest BCUT2D eigenvalue weighted by Gasteiger charge is 2.14. The third-order valence-corrected chi connectivity index (χ3v) is 2.76.